The largest absolute Gasteiger partial charge is 0.497 e. The highest BCUT2D eigenvalue weighted by atomic mass is 16.5. The van der Waals surface area contributed by atoms with Gasteiger partial charge < -0.3 is 15.4 Å². The van der Waals surface area contributed by atoms with E-state index in [1.165, 1.54) is 0 Å². The van der Waals surface area contributed by atoms with Gasteiger partial charge in [0.05, 0.1) is 12.7 Å². The Hall–Kier alpha value is -1.71. The molecule has 0 bridgehead atoms. The van der Waals surface area contributed by atoms with Crippen LogP contribution >= 0.6 is 0 Å². The van der Waals surface area contributed by atoms with Crippen LogP contribution in [0.2, 0.25) is 0 Å². The van der Waals surface area contributed by atoms with E-state index in [0.717, 1.165) is 6.42 Å². The molecule has 0 saturated carbocycles. The molecule has 1 unspecified atom stereocenters. The minimum absolute atomic E-state index is 0.0213. The lowest BCUT2D eigenvalue weighted by atomic mass is 10.1. The number of rotatable bonds is 5. The highest BCUT2D eigenvalue weighted by Crippen LogP contribution is 2.22. The molecule has 1 atom stereocenters. The summed E-state index contributed by atoms with van der Waals surface area (Å²) in [5, 5.41) is 0. The van der Waals surface area contributed by atoms with Gasteiger partial charge in [-0.05, 0) is 32.4 Å². The van der Waals surface area contributed by atoms with Gasteiger partial charge in [-0.15, -0.1) is 0 Å². The second kappa shape index (κ2) is 6.28. The number of nitrogens with zero attached hydrogens (tertiary/aromatic N) is 1. The zero-order chi connectivity index (χ0) is 13.7. The molecule has 0 aliphatic carbocycles. The quantitative estimate of drug-likeness (QED) is 0.817. The Morgan fingerprint density at radius 2 is 2.11 bits per heavy atom. The van der Waals surface area contributed by atoms with Crippen LogP contribution in [0.5, 0.6) is 5.75 Å². The van der Waals surface area contributed by atoms with Crippen LogP contribution in [0.25, 0.3) is 0 Å². The molecular weight excluding hydrogens is 228 g/mol. The molecule has 0 heterocycles. The summed E-state index contributed by atoms with van der Waals surface area (Å²) >= 11 is 0. The van der Waals surface area contributed by atoms with Crippen molar-refractivity contribution >= 4 is 11.6 Å². The summed E-state index contributed by atoms with van der Waals surface area (Å²) in [4.78, 5) is 14.2. The molecule has 0 fully saturated rings. The van der Waals surface area contributed by atoms with Gasteiger partial charge in [-0.25, -0.2) is 0 Å². The fourth-order valence-electron chi connectivity index (χ4n) is 1.89. The van der Waals surface area contributed by atoms with Crippen molar-refractivity contribution < 1.29 is 9.53 Å². The van der Waals surface area contributed by atoms with E-state index in [4.69, 9.17) is 10.5 Å². The predicted molar refractivity (Wildman–Crippen MR) is 73.9 cm³/mol. The van der Waals surface area contributed by atoms with Crippen molar-refractivity contribution in [2.45, 2.75) is 33.2 Å². The van der Waals surface area contributed by atoms with Gasteiger partial charge in [0, 0.05) is 24.3 Å². The summed E-state index contributed by atoms with van der Waals surface area (Å²) in [6, 6.07) is 5.37. The molecule has 4 heteroatoms. The molecule has 1 rings (SSSR count). The van der Waals surface area contributed by atoms with Crippen molar-refractivity contribution in [3.8, 4) is 5.75 Å². The van der Waals surface area contributed by atoms with Gasteiger partial charge in [0.1, 0.15) is 5.75 Å². The molecule has 0 saturated heterocycles. The number of hydrogen-bond acceptors (Lipinski definition) is 3. The predicted octanol–water partition coefficient (Wildman–Crippen LogP) is 2.54. The van der Waals surface area contributed by atoms with Gasteiger partial charge in [0.2, 0.25) is 0 Å². The first-order valence-corrected chi connectivity index (χ1v) is 6.29. The molecule has 18 heavy (non-hydrogen) atoms. The summed E-state index contributed by atoms with van der Waals surface area (Å²) in [7, 11) is 1.58. The van der Waals surface area contributed by atoms with Gasteiger partial charge in [-0.1, -0.05) is 6.92 Å². The number of amides is 1. The Labute approximate surface area is 109 Å². The standard InChI is InChI=1S/C14H22N2O2/c1-5-10(3)16(6-2)14(17)12-8-7-11(18-4)9-13(12)15/h7-10H,5-6,15H2,1-4H3. The molecule has 4 nitrogen and oxygen atoms in total. The highest BCUT2D eigenvalue weighted by Gasteiger charge is 2.20. The van der Waals surface area contributed by atoms with Crippen molar-refractivity contribution in [2.24, 2.45) is 0 Å². The van der Waals surface area contributed by atoms with Crippen molar-refractivity contribution in [1.29, 1.82) is 0 Å². The van der Waals surface area contributed by atoms with E-state index in [0.29, 0.717) is 23.5 Å². The lowest BCUT2D eigenvalue weighted by Crippen LogP contribution is -2.38. The Balaban J connectivity index is 3.02. The molecule has 100 valence electrons. The van der Waals surface area contributed by atoms with Crippen molar-refractivity contribution in [3.05, 3.63) is 23.8 Å². The summed E-state index contributed by atoms with van der Waals surface area (Å²) in [5.74, 6) is 0.641. The Bertz CT molecular complexity index is 418. The number of carbonyl (C=O) groups excluding carboxylic acids is 1. The fourth-order valence-corrected chi connectivity index (χ4v) is 1.89. The highest BCUT2D eigenvalue weighted by molar-refractivity contribution is 5.99. The lowest BCUT2D eigenvalue weighted by molar-refractivity contribution is 0.0701. The van der Waals surface area contributed by atoms with E-state index >= 15 is 0 Å². The summed E-state index contributed by atoms with van der Waals surface area (Å²) in [5.41, 5.74) is 6.90. The first-order chi connectivity index (χ1) is 8.54. The fraction of sp³-hybridized carbons (Fsp3) is 0.500. The van der Waals surface area contributed by atoms with E-state index in [-0.39, 0.29) is 11.9 Å². The van der Waals surface area contributed by atoms with E-state index in [9.17, 15) is 4.79 Å². The molecule has 1 aromatic rings. The number of methoxy groups -OCH3 is 1. The number of nitrogen functional groups attached to an aromatic ring is 1. The van der Waals surface area contributed by atoms with E-state index in [1.807, 2.05) is 18.7 Å². The second-order valence-corrected chi connectivity index (χ2v) is 4.30. The molecule has 2 N–H and O–H groups in total. The molecule has 0 aromatic heterocycles. The summed E-state index contributed by atoms with van der Waals surface area (Å²) in [6.07, 6.45) is 0.926. The second-order valence-electron chi connectivity index (χ2n) is 4.30. The third-order valence-corrected chi connectivity index (χ3v) is 3.21. The minimum atomic E-state index is -0.0213. The van der Waals surface area contributed by atoms with Crippen LogP contribution in [0, 0.1) is 0 Å². The van der Waals surface area contributed by atoms with Gasteiger partial charge in [-0.3, -0.25) is 4.79 Å². The maximum absolute atomic E-state index is 12.4. The van der Waals surface area contributed by atoms with E-state index in [2.05, 4.69) is 6.92 Å². The van der Waals surface area contributed by atoms with Gasteiger partial charge in [0.25, 0.3) is 5.91 Å². The average Bonchev–Trinajstić information content (AvgIpc) is 2.38. The number of nitrogens with two attached hydrogens (primary N) is 1. The molecule has 1 amide bonds. The average molecular weight is 250 g/mol. The number of anilines is 1. The van der Waals surface area contributed by atoms with Crippen LogP contribution in [0.1, 0.15) is 37.6 Å². The SMILES string of the molecule is CCC(C)N(CC)C(=O)c1ccc(OC)cc1N. The Kier molecular flexibility index (Phi) is 5.01. The Morgan fingerprint density at radius 1 is 1.44 bits per heavy atom. The van der Waals surface area contributed by atoms with Crippen molar-refractivity contribution in [2.75, 3.05) is 19.4 Å². The number of hydrogen-bond donors (Lipinski definition) is 1. The zero-order valence-corrected chi connectivity index (χ0v) is 11.6. The van der Waals surface area contributed by atoms with Crippen LogP contribution < -0.4 is 10.5 Å². The van der Waals surface area contributed by atoms with Crippen LogP contribution in [-0.2, 0) is 0 Å². The van der Waals surface area contributed by atoms with Crippen LogP contribution in [0.4, 0.5) is 5.69 Å². The van der Waals surface area contributed by atoms with Crippen molar-refractivity contribution in [3.63, 3.8) is 0 Å². The third kappa shape index (κ3) is 2.94. The first kappa shape index (κ1) is 14.4. The zero-order valence-electron chi connectivity index (χ0n) is 11.6. The third-order valence-electron chi connectivity index (χ3n) is 3.21. The molecular formula is C14H22N2O2. The number of benzene rings is 1. The normalized spacial score (nSPS) is 12.0. The lowest BCUT2D eigenvalue weighted by Gasteiger charge is -2.27. The maximum Gasteiger partial charge on any atom is 0.256 e. The minimum Gasteiger partial charge on any atom is -0.497 e. The number of carbonyl (C=O) groups is 1. The molecule has 0 aliphatic rings. The smallest absolute Gasteiger partial charge is 0.256 e. The molecule has 0 aliphatic heterocycles. The topological polar surface area (TPSA) is 55.6 Å². The maximum atomic E-state index is 12.4. The molecule has 1 aromatic carbocycles. The van der Waals surface area contributed by atoms with Gasteiger partial charge in [-0.2, -0.15) is 0 Å². The van der Waals surface area contributed by atoms with Crippen molar-refractivity contribution in [1.82, 2.24) is 4.90 Å². The van der Waals surface area contributed by atoms with Gasteiger partial charge in [0.15, 0.2) is 0 Å². The van der Waals surface area contributed by atoms with Crippen LogP contribution in [0.3, 0.4) is 0 Å². The number of ether oxygens (including phenoxy) is 1. The molecule has 0 radical (unpaired) electrons. The van der Waals surface area contributed by atoms with Crippen LogP contribution in [0.15, 0.2) is 18.2 Å². The van der Waals surface area contributed by atoms with Gasteiger partial charge >= 0.3 is 0 Å². The summed E-state index contributed by atoms with van der Waals surface area (Å²) in [6.45, 7) is 6.77. The van der Waals surface area contributed by atoms with Crippen LogP contribution in [-0.4, -0.2) is 30.5 Å². The summed E-state index contributed by atoms with van der Waals surface area (Å²) < 4.78 is 5.08. The first-order valence-electron chi connectivity index (χ1n) is 6.29. The molecule has 0 spiro atoms. The van der Waals surface area contributed by atoms with E-state index < -0.39 is 0 Å². The Morgan fingerprint density at radius 3 is 2.56 bits per heavy atom. The van der Waals surface area contributed by atoms with E-state index in [1.54, 1.807) is 25.3 Å². The monoisotopic (exact) mass is 250 g/mol.